The highest BCUT2D eigenvalue weighted by atomic mass is 15.0. The molecule has 16 heavy (non-hydrogen) atoms. The molecule has 2 heterocycles. The Kier molecular flexibility index (Phi) is 3.54. The van der Waals surface area contributed by atoms with E-state index < -0.39 is 0 Å². The van der Waals surface area contributed by atoms with Crippen molar-refractivity contribution < 1.29 is 0 Å². The molecule has 0 bridgehead atoms. The van der Waals surface area contributed by atoms with Gasteiger partial charge in [-0.3, -0.25) is 0 Å². The first-order chi connectivity index (χ1) is 7.72. The quantitative estimate of drug-likeness (QED) is 0.847. The SMILES string of the molecule is CCCc1nc(C(C)C)nc2c1CNCC2. The van der Waals surface area contributed by atoms with Gasteiger partial charge in [0.1, 0.15) is 5.82 Å². The maximum atomic E-state index is 4.72. The van der Waals surface area contributed by atoms with E-state index in [1.54, 1.807) is 0 Å². The zero-order valence-corrected chi connectivity index (χ0v) is 10.5. The van der Waals surface area contributed by atoms with Gasteiger partial charge in [-0.15, -0.1) is 0 Å². The van der Waals surface area contributed by atoms with Gasteiger partial charge in [-0.25, -0.2) is 9.97 Å². The van der Waals surface area contributed by atoms with E-state index in [0.717, 1.165) is 38.2 Å². The van der Waals surface area contributed by atoms with Crippen LogP contribution in [0.4, 0.5) is 0 Å². The van der Waals surface area contributed by atoms with Gasteiger partial charge in [-0.1, -0.05) is 27.2 Å². The zero-order chi connectivity index (χ0) is 11.5. The number of rotatable bonds is 3. The van der Waals surface area contributed by atoms with Crippen LogP contribution in [0.25, 0.3) is 0 Å². The summed E-state index contributed by atoms with van der Waals surface area (Å²) in [6.07, 6.45) is 3.28. The molecule has 0 radical (unpaired) electrons. The highest BCUT2D eigenvalue weighted by Gasteiger charge is 2.17. The summed E-state index contributed by atoms with van der Waals surface area (Å²) in [5.74, 6) is 1.44. The van der Waals surface area contributed by atoms with Gasteiger partial charge in [0.2, 0.25) is 0 Å². The fraction of sp³-hybridized carbons (Fsp3) is 0.692. The third-order valence-corrected chi connectivity index (χ3v) is 3.04. The first-order valence-corrected chi connectivity index (χ1v) is 6.31. The molecular formula is C13H21N3. The number of hydrogen-bond donors (Lipinski definition) is 1. The van der Waals surface area contributed by atoms with Gasteiger partial charge < -0.3 is 5.32 Å². The largest absolute Gasteiger partial charge is 0.312 e. The Hall–Kier alpha value is -0.960. The molecule has 0 unspecified atom stereocenters. The van der Waals surface area contributed by atoms with Crippen LogP contribution in [-0.4, -0.2) is 16.5 Å². The highest BCUT2D eigenvalue weighted by molar-refractivity contribution is 5.29. The lowest BCUT2D eigenvalue weighted by molar-refractivity contribution is 0.600. The van der Waals surface area contributed by atoms with Crippen molar-refractivity contribution in [2.75, 3.05) is 6.54 Å². The third-order valence-electron chi connectivity index (χ3n) is 3.04. The number of aromatic nitrogens is 2. The number of nitrogens with one attached hydrogen (secondary N) is 1. The molecule has 0 saturated heterocycles. The maximum absolute atomic E-state index is 4.72. The second kappa shape index (κ2) is 4.91. The van der Waals surface area contributed by atoms with E-state index in [1.165, 1.54) is 17.0 Å². The molecule has 0 amide bonds. The average molecular weight is 219 g/mol. The summed E-state index contributed by atoms with van der Waals surface area (Å²) in [4.78, 5) is 9.43. The van der Waals surface area contributed by atoms with Crippen LogP contribution < -0.4 is 5.32 Å². The van der Waals surface area contributed by atoms with Crippen molar-refractivity contribution in [1.29, 1.82) is 0 Å². The van der Waals surface area contributed by atoms with Crippen molar-refractivity contribution >= 4 is 0 Å². The van der Waals surface area contributed by atoms with E-state index in [-0.39, 0.29) is 0 Å². The molecule has 1 aromatic heterocycles. The van der Waals surface area contributed by atoms with Gasteiger partial charge in [0, 0.05) is 36.7 Å². The van der Waals surface area contributed by atoms with Gasteiger partial charge in [0.25, 0.3) is 0 Å². The lowest BCUT2D eigenvalue weighted by Crippen LogP contribution is -2.27. The predicted molar refractivity (Wildman–Crippen MR) is 65.5 cm³/mol. The maximum Gasteiger partial charge on any atom is 0.131 e. The molecule has 2 rings (SSSR count). The van der Waals surface area contributed by atoms with E-state index in [2.05, 4.69) is 26.1 Å². The van der Waals surface area contributed by atoms with Crippen LogP contribution in [0, 0.1) is 0 Å². The molecule has 1 N–H and O–H groups in total. The Morgan fingerprint density at radius 2 is 2.12 bits per heavy atom. The van der Waals surface area contributed by atoms with Crippen LogP contribution in [0.5, 0.6) is 0 Å². The molecule has 3 nitrogen and oxygen atoms in total. The standard InChI is InChI=1S/C13H21N3/c1-4-5-11-10-8-14-7-6-12(10)16-13(15-11)9(2)3/h9,14H,4-8H2,1-3H3. The van der Waals surface area contributed by atoms with Gasteiger partial charge >= 0.3 is 0 Å². The Balaban J connectivity index is 2.43. The molecule has 88 valence electrons. The molecule has 0 aliphatic carbocycles. The van der Waals surface area contributed by atoms with Crippen molar-refractivity contribution in [3.8, 4) is 0 Å². The summed E-state index contributed by atoms with van der Waals surface area (Å²) < 4.78 is 0. The van der Waals surface area contributed by atoms with Crippen LogP contribution in [-0.2, 0) is 19.4 Å². The third kappa shape index (κ3) is 2.24. The van der Waals surface area contributed by atoms with Gasteiger partial charge in [0.05, 0.1) is 5.69 Å². The fourth-order valence-electron chi connectivity index (χ4n) is 2.14. The zero-order valence-electron chi connectivity index (χ0n) is 10.5. The fourth-order valence-corrected chi connectivity index (χ4v) is 2.14. The minimum Gasteiger partial charge on any atom is -0.312 e. The summed E-state index contributed by atoms with van der Waals surface area (Å²) in [5, 5.41) is 3.41. The second-order valence-electron chi connectivity index (χ2n) is 4.79. The molecule has 0 saturated carbocycles. The summed E-state index contributed by atoms with van der Waals surface area (Å²) in [6.45, 7) is 8.53. The molecular weight excluding hydrogens is 198 g/mol. The topological polar surface area (TPSA) is 37.8 Å². The molecule has 0 spiro atoms. The van der Waals surface area contributed by atoms with Crippen molar-refractivity contribution in [1.82, 2.24) is 15.3 Å². The summed E-state index contributed by atoms with van der Waals surface area (Å²) in [7, 11) is 0. The predicted octanol–water partition coefficient (Wildman–Crippen LogP) is 2.20. The van der Waals surface area contributed by atoms with Crippen molar-refractivity contribution in [3.05, 3.63) is 22.8 Å². The average Bonchev–Trinajstić information content (AvgIpc) is 2.29. The number of aryl methyl sites for hydroxylation is 1. The molecule has 1 aliphatic rings. The van der Waals surface area contributed by atoms with E-state index in [9.17, 15) is 0 Å². The van der Waals surface area contributed by atoms with Crippen LogP contribution in [0.15, 0.2) is 0 Å². The smallest absolute Gasteiger partial charge is 0.131 e. The van der Waals surface area contributed by atoms with Crippen molar-refractivity contribution in [2.24, 2.45) is 0 Å². The molecule has 1 aromatic rings. The normalized spacial score (nSPS) is 15.2. The monoisotopic (exact) mass is 219 g/mol. The van der Waals surface area contributed by atoms with Gasteiger partial charge in [-0.2, -0.15) is 0 Å². The first kappa shape index (κ1) is 11.5. The van der Waals surface area contributed by atoms with E-state index in [1.807, 2.05) is 0 Å². The Morgan fingerprint density at radius 3 is 2.81 bits per heavy atom. The number of hydrogen-bond acceptors (Lipinski definition) is 3. The lowest BCUT2D eigenvalue weighted by atomic mass is 10.0. The molecule has 3 heteroatoms. The van der Waals surface area contributed by atoms with E-state index >= 15 is 0 Å². The summed E-state index contributed by atoms with van der Waals surface area (Å²) >= 11 is 0. The Bertz CT molecular complexity index is 372. The Morgan fingerprint density at radius 1 is 1.31 bits per heavy atom. The van der Waals surface area contributed by atoms with Crippen LogP contribution in [0.2, 0.25) is 0 Å². The van der Waals surface area contributed by atoms with Gasteiger partial charge in [0.15, 0.2) is 0 Å². The van der Waals surface area contributed by atoms with E-state index in [4.69, 9.17) is 9.97 Å². The molecule has 0 aromatic carbocycles. The molecule has 1 aliphatic heterocycles. The summed E-state index contributed by atoms with van der Waals surface area (Å²) in [5.41, 5.74) is 3.90. The Labute approximate surface area is 97.7 Å². The van der Waals surface area contributed by atoms with Gasteiger partial charge in [-0.05, 0) is 6.42 Å². The first-order valence-electron chi connectivity index (χ1n) is 6.31. The highest BCUT2D eigenvalue weighted by Crippen LogP contribution is 2.20. The number of nitrogens with zero attached hydrogens (tertiary/aromatic N) is 2. The molecule has 0 atom stereocenters. The summed E-state index contributed by atoms with van der Waals surface area (Å²) in [6, 6.07) is 0. The lowest BCUT2D eigenvalue weighted by Gasteiger charge is -2.20. The molecule has 0 fully saturated rings. The van der Waals surface area contributed by atoms with E-state index in [0.29, 0.717) is 5.92 Å². The van der Waals surface area contributed by atoms with Crippen LogP contribution in [0.1, 0.15) is 55.9 Å². The van der Waals surface area contributed by atoms with Crippen LogP contribution in [0.3, 0.4) is 0 Å². The number of fused-ring (bicyclic) bond motifs is 1. The van der Waals surface area contributed by atoms with Crippen molar-refractivity contribution in [3.63, 3.8) is 0 Å². The second-order valence-corrected chi connectivity index (χ2v) is 4.79. The minimum atomic E-state index is 0.427. The minimum absolute atomic E-state index is 0.427. The van der Waals surface area contributed by atoms with Crippen LogP contribution >= 0.6 is 0 Å². The van der Waals surface area contributed by atoms with Crippen molar-refractivity contribution in [2.45, 2.75) is 52.5 Å².